The largest absolute Gasteiger partial charge is 0.444 e. The molecule has 2 fully saturated rings. The lowest BCUT2D eigenvalue weighted by Gasteiger charge is -2.39. The minimum Gasteiger partial charge on any atom is -0.444 e. The second-order valence-electron chi connectivity index (χ2n) is 8.04. The first kappa shape index (κ1) is 19.7. The summed E-state index contributed by atoms with van der Waals surface area (Å²) in [6.45, 7) is 7.43. The van der Waals surface area contributed by atoms with Gasteiger partial charge in [-0.1, -0.05) is 23.6 Å². The molecule has 2 unspecified atom stereocenters. The van der Waals surface area contributed by atoms with Gasteiger partial charge in [0.25, 0.3) is 0 Å². The number of nitrogens with zero attached hydrogens (tertiary/aromatic N) is 2. The molecular formula is C21H25ClN2O3. The number of rotatable bonds is 1. The van der Waals surface area contributed by atoms with Gasteiger partial charge in [-0.05, 0) is 57.7 Å². The summed E-state index contributed by atoms with van der Waals surface area (Å²) in [7, 11) is 0. The van der Waals surface area contributed by atoms with Crippen LogP contribution in [0.5, 0.6) is 0 Å². The number of ketones is 1. The molecule has 0 radical (unpaired) electrons. The molecule has 0 bridgehead atoms. The highest BCUT2D eigenvalue weighted by Gasteiger charge is 2.41. The third-order valence-electron chi connectivity index (χ3n) is 4.81. The van der Waals surface area contributed by atoms with Crippen molar-refractivity contribution in [3.05, 3.63) is 34.9 Å². The van der Waals surface area contributed by atoms with Crippen molar-refractivity contribution in [3.8, 4) is 11.8 Å². The lowest BCUT2D eigenvalue weighted by atomic mass is 10.1. The second-order valence-corrected chi connectivity index (χ2v) is 8.47. The molecule has 1 aromatic carbocycles. The summed E-state index contributed by atoms with van der Waals surface area (Å²) in [6.07, 6.45) is 1.38. The third kappa shape index (κ3) is 5.03. The van der Waals surface area contributed by atoms with Crippen molar-refractivity contribution >= 4 is 23.5 Å². The van der Waals surface area contributed by atoms with E-state index in [0.717, 1.165) is 18.4 Å². The summed E-state index contributed by atoms with van der Waals surface area (Å²) in [5, 5.41) is 0.605. The van der Waals surface area contributed by atoms with E-state index < -0.39 is 5.60 Å². The molecule has 144 valence electrons. The van der Waals surface area contributed by atoms with Crippen molar-refractivity contribution in [2.24, 2.45) is 0 Å². The van der Waals surface area contributed by atoms with Crippen molar-refractivity contribution < 1.29 is 14.3 Å². The Hall–Kier alpha value is -2.03. The van der Waals surface area contributed by atoms with Crippen LogP contribution < -0.4 is 0 Å². The Morgan fingerprint density at radius 1 is 1.22 bits per heavy atom. The first-order valence-electron chi connectivity index (χ1n) is 9.28. The molecule has 0 aliphatic carbocycles. The van der Waals surface area contributed by atoms with E-state index in [1.165, 1.54) is 0 Å². The highest BCUT2D eigenvalue weighted by molar-refractivity contribution is 6.30. The molecule has 0 saturated carbocycles. The zero-order valence-corrected chi connectivity index (χ0v) is 16.8. The van der Waals surface area contributed by atoms with Crippen molar-refractivity contribution in [3.63, 3.8) is 0 Å². The Bertz CT molecular complexity index is 791. The Kier molecular flexibility index (Phi) is 5.78. The van der Waals surface area contributed by atoms with Crippen LogP contribution in [-0.2, 0) is 9.53 Å². The number of fused-ring (bicyclic) bond motifs is 1. The fourth-order valence-electron chi connectivity index (χ4n) is 3.61. The average molecular weight is 389 g/mol. The quantitative estimate of drug-likeness (QED) is 0.692. The van der Waals surface area contributed by atoms with E-state index in [0.29, 0.717) is 24.7 Å². The van der Waals surface area contributed by atoms with Gasteiger partial charge >= 0.3 is 6.09 Å². The molecule has 3 rings (SSSR count). The number of benzene rings is 1. The maximum absolute atomic E-state index is 12.6. The molecule has 5 nitrogen and oxygen atoms in total. The molecule has 6 heteroatoms. The maximum atomic E-state index is 12.6. The molecule has 27 heavy (non-hydrogen) atoms. The summed E-state index contributed by atoms with van der Waals surface area (Å²) in [5.74, 6) is 5.62. The fraction of sp³-hybridized carbons (Fsp3) is 0.524. The Labute approximate surface area is 165 Å². The van der Waals surface area contributed by atoms with Crippen molar-refractivity contribution in [2.75, 3.05) is 19.6 Å². The van der Waals surface area contributed by atoms with Crippen LogP contribution in [0.4, 0.5) is 4.79 Å². The molecule has 0 aromatic heterocycles. The van der Waals surface area contributed by atoms with E-state index in [2.05, 4.69) is 16.7 Å². The van der Waals surface area contributed by atoms with Gasteiger partial charge in [0.2, 0.25) is 5.78 Å². The lowest BCUT2D eigenvalue weighted by Crippen LogP contribution is -2.56. The van der Waals surface area contributed by atoms with E-state index >= 15 is 0 Å². The molecule has 2 atom stereocenters. The van der Waals surface area contributed by atoms with Gasteiger partial charge in [-0.2, -0.15) is 0 Å². The van der Waals surface area contributed by atoms with Gasteiger partial charge in [-0.15, -0.1) is 0 Å². The van der Waals surface area contributed by atoms with E-state index in [-0.39, 0.29) is 24.0 Å². The molecule has 1 aromatic rings. The number of halogens is 1. The molecule has 2 heterocycles. The monoisotopic (exact) mass is 388 g/mol. The van der Waals surface area contributed by atoms with E-state index in [9.17, 15) is 9.59 Å². The van der Waals surface area contributed by atoms with Crippen LogP contribution in [0, 0.1) is 11.8 Å². The van der Waals surface area contributed by atoms with E-state index in [4.69, 9.17) is 16.3 Å². The van der Waals surface area contributed by atoms with Crippen molar-refractivity contribution in [1.82, 2.24) is 9.80 Å². The van der Waals surface area contributed by atoms with Gasteiger partial charge in [-0.25, -0.2) is 4.79 Å². The van der Waals surface area contributed by atoms with Gasteiger partial charge in [0.15, 0.2) is 0 Å². The van der Waals surface area contributed by atoms with Gasteiger partial charge in [0.1, 0.15) is 5.60 Å². The topological polar surface area (TPSA) is 49.9 Å². The van der Waals surface area contributed by atoms with E-state index in [1.807, 2.05) is 32.9 Å². The first-order valence-corrected chi connectivity index (χ1v) is 9.66. The molecule has 0 N–H and O–H groups in total. The second kappa shape index (κ2) is 7.92. The zero-order chi connectivity index (χ0) is 19.6. The number of hydrogen-bond acceptors (Lipinski definition) is 4. The summed E-state index contributed by atoms with van der Waals surface area (Å²) in [5.41, 5.74) is 0.235. The normalized spacial score (nSPS) is 22.6. The Morgan fingerprint density at radius 2 is 2.00 bits per heavy atom. The Morgan fingerprint density at radius 3 is 2.70 bits per heavy atom. The lowest BCUT2D eigenvalue weighted by molar-refractivity contribution is -0.118. The van der Waals surface area contributed by atoms with Crippen LogP contribution in [-0.4, -0.2) is 59.0 Å². The smallest absolute Gasteiger partial charge is 0.410 e. The molecule has 1 amide bonds. The zero-order valence-electron chi connectivity index (χ0n) is 16.0. The van der Waals surface area contributed by atoms with Crippen LogP contribution in [0.2, 0.25) is 5.02 Å². The summed E-state index contributed by atoms with van der Waals surface area (Å²) >= 11 is 5.95. The number of ether oxygens (including phenoxy) is 1. The van der Waals surface area contributed by atoms with Gasteiger partial charge in [0, 0.05) is 36.3 Å². The molecule has 2 aliphatic heterocycles. The highest BCUT2D eigenvalue weighted by Crippen LogP contribution is 2.28. The number of carbonyl (C=O) groups is 2. The standard InChI is InChI=1S/C21H25ClN2O3/c1-21(2,3)27-20(26)23-11-12-24-17(14-23)8-9-18(24)19(25)10-7-15-5-4-6-16(22)13-15/h4-6,13,17-18H,8-9,11-12,14H2,1-3H3. The number of hydrogen-bond donors (Lipinski definition) is 0. The SMILES string of the molecule is CC(C)(C)OC(=O)N1CCN2C(CCC2C(=O)C#Cc2cccc(Cl)c2)C1. The predicted molar refractivity (Wildman–Crippen MR) is 105 cm³/mol. The molecule has 2 saturated heterocycles. The van der Waals surface area contributed by atoms with Gasteiger partial charge < -0.3 is 9.64 Å². The number of Topliss-reactive ketones (excluding diaryl/α,β-unsaturated/α-hetero) is 1. The molecule has 0 spiro atoms. The van der Waals surface area contributed by atoms with Crippen molar-refractivity contribution in [1.29, 1.82) is 0 Å². The fourth-order valence-corrected chi connectivity index (χ4v) is 3.80. The number of carbonyl (C=O) groups excluding carboxylic acids is 2. The van der Waals surface area contributed by atoms with Crippen LogP contribution in [0.25, 0.3) is 0 Å². The minimum absolute atomic E-state index is 0.0665. The number of amides is 1. The predicted octanol–water partition coefficient (Wildman–Crippen LogP) is 3.34. The maximum Gasteiger partial charge on any atom is 0.410 e. The summed E-state index contributed by atoms with van der Waals surface area (Å²) < 4.78 is 5.47. The molecule has 2 aliphatic rings. The van der Waals surface area contributed by atoms with Gasteiger partial charge in [0.05, 0.1) is 6.04 Å². The molecular weight excluding hydrogens is 364 g/mol. The first-order chi connectivity index (χ1) is 12.7. The van der Waals surface area contributed by atoms with E-state index in [1.54, 1.807) is 17.0 Å². The number of piperazine rings is 1. The van der Waals surface area contributed by atoms with Gasteiger partial charge in [-0.3, -0.25) is 9.69 Å². The van der Waals surface area contributed by atoms with Crippen LogP contribution in [0.15, 0.2) is 24.3 Å². The van der Waals surface area contributed by atoms with Crippen molar-refractivity contribution in [2.45, 2.75) is 51.3 Å². The Balaban J connectivity index is 1.61. The van der Waals surface area contributed by atoms with Crippen LogP contribution in [0.1, 0.15) is 39.2 Å². The summed E-state index contributed by atoms with van der Waals surface area (Å²) in [6, 6.07) is 7.18. The summed E-state index contributed by atoms with van der Waals surface area (Å²) in [4.78, 5) is 28.8. The minimum atomic E-state index is -0.502. The van der Waals surface area contributed by atoms with Crippen LogP contribution in [0.3, 0.4) is 0 Å². The average Bonchev–Trinajstić information content (AvgIpc) is 3.01. The van der Waals surface area contributed by atoms with Crippen LogP contribution >= 0.6 is 11.6 Å². The third-order valence-corrected chi connectivity index (χ3v) is 5.05. The highest BCUT2D eigenvalue weighted by atomic mass is 35.5.